The standard InChI is InChI=1S/C16H15ClN6O2/c1-9-10(17)4-2-5-11(9)21-14-13(18)15(20-8-19-14)22-23-16(24)12-6-3-7-25-12/h2-8H,18H2,1H3,(H,23,24)(H2,19,20,21,22). The molecule has 0 aliphatic rings. The summed E-state index contributed by atoms with van der Waals surface area (Å²) in [5.41, 5.74) is 13.0. The van der Waals surface area contributed by atoms with E-state index < -0.39 is 5.91 Å². The summed E-state index contributed by atoms with van der Waals surface area (Å²) >= 11 is 6.11. The summed E-state index contributed by atoms with van der Waals surface area (Å²) in [6.45, 7) is 1.88. The first-order chi connectivity index (χ1) is 12.1. The number of nitrogens with zero attached hydrogens (tertiary/aromatic N) is 2. The van der Waals surface area contributed by atoms with Gasteiger partial charge in [0.05, 0.1) is 6.26 Å². The van der Waals surface area contributed by atoms with Crippen LogP contribution in [0.15, 0.2) is 47.3 Å². The molecule has 25 heavy (non-hydrogen) atoms. The highest BCUT2D eigenvalue weighted by Crippen LogP contribution is 2.29. The number of hydrogen-bond donors (Lipinski definition) is 4. The van der Waals surface area contributed by atoms with Crippen molar-refractivity contribution in [2.24, 2.45) is 0 Å². The van der Waals surface area contributed by atoms with E-state index >= 15 is 0 Å². The van der Waals surface area contributed by atoms with Crippen LogP contribution in [0.2, 0.25) is 5.02 Å². The first-order valence-corrected chi connectivity index (χ1v) is 7.66. The van der Waals surface area contributed by atoms with E-state index in [0.29, 0.717) is 10.8 Å². The quantitative estimate of drug-likeness (QED) is 0.517. The highest BCUT2D eigenvalue weighted by molar-refractivity contribution is 6.31. The molecule has 2 aromatic heterocycles. The maximum absolute atomic E-state index is 11.9. The average Bonchev–Trinajstić information content (AvgIpc) is 3.14. The number of halogens is 1. The Labute approximate surface area is 148 Å². The summed E-state index contributed by atoms with van der Waals surface area (Å²) in [6, 6.07) is 8.62. The van der Waals surface area contributed by atoms with E-state index in [4.69, 9.17) is 21.8 Å². The second kappa shape index (κ2) is 7.10. The Morgan fingerprint density at radius 2 is 2.00 bits per heavy atom. The molecule has 2 heterocycles. The summed E-state index contributed by atoms with van der Waals surface area (Å²) in [6.07, 6.45) is 2.73. The Morgan fingerprint density at radius 3 is 2.76 bits per heavy atom. The van der Waals surface area contributed by atoms with Crippen LogP contribution in [0.1, 0.15) is 16.1 Å². The Bertz CT molecular complexity index is 898. The zero-order valence-electron chi connectivity index (χ0n) is 13.2. The lowest BCUT2D eigenvalue weighted by Crippen LogP contribution is -2.30. The van der Waals surface area contributed by atoms with E-state index in [9.17, 15) is 4.79 Å². The third-order valence-electron chi connectivity index (χ3n) is 3.44. The fourth-order valence-corrected chi connectivity index (χ4v) is 2.23. The molecule has 128 valence electrons. The number of hydrazine groups is 1. The molecule has 5 N–H and O–H groups in total. The minimum atomic E-state index is -0.455. The predicted molar refractivity (Wildman–Crippen MR) is 95.7 cm³/mol. The van der Waals surface area contributed by atoms with Crippen molar-refractivity contribution in [2.45, 2.75) is 6.92 Å². The number of carbonyl (C=O) groups is 1. The maximum atomic E-state index is 11.9. The van der Waals surface area contributed by atoms with Crippen molar-refractivity contribution in [1.29, 1.82) is 0 Å². The first-order valence-electron chi connectivity index (χ1n) is 7.28. The zero-order chi connectivity index (χ0) is 17.8. The molecule has 0 bridgehead atoms. The van der Waals surface area contributed by atoms with E-state index in [-0.39, 0.29) is 17.3 Å². The normalized spacial score (nSPS) is 10.3. The molecule has 0 saturated carbocycles. The monoisotopic (exact) mass is 358 g/mol. The third-order valence-corrected chi connectivity index (χ3v) is 3.85. The van der Waals surface area contributed by atoms with Crippen LogP contribution >= 0.6 is 11.6 Å². The van der Waals surface area contributed by atoms with Gasteiger partial charge in [0, 0.05) is 10.7 Å². The molecule has 8 nitrogen and oxygen atoms in total. The van der Waals surface area contributed by atoms with Crippen molar-refractivity contribution in [3.63, 3.8) is 0 Å². The van der Waals surface area contributed by atoms with Crippen molar-refractivity contribution >= 4 is 40.5 Å². The van der Waals surface area contributed by atoms with Crippen molar-refractivity contribution in [1.82, 2.24) is 15.4 Å². The number of carbonyl (C=O) groups excluding carboxylic acids is 1. The molecule has 0 radical (unpaired) electrons. The van der Waals surface area contributed by atoms with Crippen LogP contribution in [0.3, 0.4) is 0 Å². The van der Waals surface area contributed by atoms with Crippen molar-refractivity contribution in [3.05, 3.63) is 59.3 Å². The van der Waals surface area contributed by atoms with Crippen molar-refractivity contribution in [2.75, 3.05) is 16.5 Å². The lowest BCUT2D eigenvalue weighted by molar-refractivity contribution is 0.0935. The number of rotatable bonds is 5. The van der Waals surface area contributed by atoms with Gasteiger partial charge in [0.25, 0.3) is 0 Å². The van der Waals surface area contributed by atoms with Gasteiger partial charge in [0.1, 0.15) is 12.0 Å². The van der Waals surface area contributed by atoms with Gasteiger partial charge in [-0.05, 0) is 36.8 Å². The van der Waals surface area contributed by atoms with Gasteiger partial charge in [-0.15, -0.1) is 0 Å². The molecule has 0 spiro atoms. The van der Waals surface area contributed by atoms with Crippen LogP contribution in [0.4, 0.5) is 23.0 Å². The molecule has 0 saturated heterocycles. The molecule has 3 aromatic rings. The Kier molecular flexibility index (Phi) is 4.71. The molecular formula is C16H15ClN6O2. The lowest BCUT2D eigenvalue weighted by Gasteiger charge is -2.14. The Morgan fingerprint density at radius 1 is 1.20 bits per heavy atom. The Balaban J connectivity index is 1.76. The number of nitrogens with two attached hydrogens (primary N) is 1. The summed E-state index contributed by atoms with van der Waals surface area (Å²) in [5, 5.41) is 3.73. The largest absolute Gasteiger partial charge is 0.459 e. The average molecular weight is 359 g/mol. The number of furan rings is 1. The molecule has 3 rings (SSSR count). The van der Waals surface area contributed by atoms with Gasteiger partial charge in [0.2, 0.25) is 0 Å². The van der Waals surface area contributed by atoms with Gasteiger partial charge in [-0.3, -0.25) is 15.6 Å². The molecule has 0 fully saturated rings. The second-order valence-electron chi connectivity index (χ2n) is 5.08. The van der Waals surface area contributed by atoms with Gasteiger partial charge in [-0.25, -0.2) is 9.97 Å². The highest BCUT2D eigenvalue weighted by atomic mass is 35.5. The number of hydrogen-bond acceptors (Lipinski definition) is 7. The van der Waals surface area contributed by atoms with Crippen LogP contribution in [-0.2, 0) is 0 Å². The van der Waals surface area contributed by atoms with E-state index in [2.05, 4.69) is 26.1 Å². The minimum absolute atomic E-state index is 0.160. The first kappa shape index (κ1) is 16.6. The molecule has 0 unspecified atom stereocenters. The second-order valence-corrected chi connectivity index (χ2v) is 5.49. The summed E-state index contributed by atoms with van der Waals surface area (Å²) < 4.78 is 5.00. The smallest absolute Gasteiger partial charge is 0.305 e. The van der Waals surface area contributed by atoms with E-state index in [1.165, 1.54) is 18.7 Å². The molecule has 0 aliphatic heterocycles. The number of benzene rings is 1. The SMILES string of the molecule is Cc1c(Cl)cccc1Nc1ncnc(NNC(=O)c2ccco2)c1N. The molecule has 0 atom stereocenters. The van der Waals surface area contributed by atoms with E-state index in [1.807, 2.05) is 19.1 Å². The fourth-order valence-electron chi connectivity index (χ4n) is 2.05. The zero-order valence-corrected chi connectivity index (χ0v) is 14.0. The van der Waals surface area contributed by atoms with E-state index in [1.54, 1.807) is 12.1 Å². The summed E-state index contributed by atoms with van der Waals surface area (Å²) in [7, 11) is 0. The van der Waals surface area contributed by atoms with Gasteiger partial charge < -0.3 is 15.5 Å². The minimum Gasteiger partial charge on any atom is -0.459 e. The number of nitrogens with one attached hydrogen (secondary N) is 3. The highest BCUT2D eigenvalue weighted by Gasteiger charge is 2.12. The molecular weight excluding hydrogens is 344 g/mol. The van der Waals surface area contributed by atoms with Gasteiger partial charge in [0.15, 0.2) is 17.4 Å². The molecule has 9 heteroatoms. The van der Waals surface area contributed by atoms with Crippen LogP contribution in [0.25, 0.3) is 0 Å². The molecule has 1 aromatic carbocycles. The Hall–Kier alpha value is -3.26. The summed E-state index contributed by atoms with van der Waals surface area (Å²) in [4.78, 5) is 20.0. The van der Waals surface area contributed by atoms with Crippen LogP contribution in [0, 0.1) is 6.92 Å². The maximum Gasteiger partial charge on any atom is 0.305 e. The predicted octanol–water partition coefficient (Wildman–Crippen LogP) is 3.11. The topological polar surface area (TPSA) is 118 Å². The molecule has 0 aliphatic carbocycles. The number of aromatic nitrogens is 2. The molecule has 1 amide bonds. The number of anilines is 4. The van der Waals surface area contributed by atoms with Crippen molar-refractivity contribution in [3.8, 4) is 0 Å². The van der Waals surface area contributed by atoms with Gasteiger partial charge in [-0.2, -0.15) is 0 Å². The fraction of sp³-hybridized carbons (Fsp3) is 0.0625. The van der Waals surface area contributed by atoms with Gasteiger partial charge in [-0.1, -0.05) is 17.7 Å². The van der Waals surface area contributed by atoms with Crippen LogP contribution in [0.5, 0.6) is 0 Å². The van der Waals surface area contributed by atoms with Crippen LogP contribution in [-0.4, -0.2) is 15.9 Å². The third kappa shape index (κ3) is 3.64. The van der Waals surface area contributed by atoms with Crippen molar-refractivity contribution < 1.29 is 9.21 Å². The van der Waals surface area contributed by atoms with E-state index in [0.717, 1.165) is 11.3 Å². The summed E-state index contributed by atoms with van der Waals surface area (Å²) in [5.74, 6) is 0.337. The number of nitrogen functional groups attached to an aromatic ring is 1. The number of amides is 1. The van der Waals surface area contributed by atoms with Gasteiger partial charge >= 0.3 is 5.91 Å². The lowest BCUT2D eigenvalue weighted by atomic mass is 10.2. The van der Waals surface area contributed by atoms with Crippen LogP contribution < -0.4 is 21.9 Å².